The van der Waals surface area contributed by atoms with Crippen LogP contribution in [0.2, 0.25) is 0 Å². The van der Waals surface area contributed by atoms with E-state index < -0.39 is 0 Å². The van der Waals surface area contributed by atoms with Gasteiger partial charge in [-0.2, -0.15) is 0 Å². The van der Waals surface area contributed by atoms with Crippen molar-refractivity contribution >= 4 is 16.8 Å². The summed E-state index contributed by atoms with van der Waals surface area (Å²) >= 11 is 0. The maximum Gasteiger partial charge on any atom is 0.251 e. The van der Waals surface area contributed by atoms with Gasteiger partial charge in [0.25, 0.3) is 5.91 Å². The van der Waals surface area contributed by atoms with Crippen molar-refractivity contribution in [2.75, 3.05) is 6.54 Å². The Balaban J connectivity index is 1.99. The van der Waals surface area contributed by atoms with Gasteiger partial charge in [-0.05, 0) is 42.3 Å². The van der Waals surface area contributed by atoms with Crippen LogP contribution in [-0.2, 0) is 0 Å². The van der Waals surface area contributed by atoms with Crippen molar-refractivity contribution in [3.8, 4) is 11.1 Å². The Hall–Kier alpha value is -2.55. The van der Waals surface area contributed by atoms with Crippen molar-refractivity contribution in [2.45, 2.75) is 6.92 Å². The van der Waals surface area contributed by atoms with Crippen LogP contribution in [0.5, 0.6) is 0 Å². The molecule has 0 atom stereocenters. The molecule has 0 aliphatic carbocycles. The maximum atomic E-state index is 11.7. The molecule has 0 bridgehead atoms. The number of amides is 1. The molecule has 0 saturated carbocycles. The molecule has 0 aliphatic heterocycles. The van der Waals surface area contributed by atoms with Crippen molar-refractivity contribution in [1.82, 2.24) is 10.3 Å². The summed E-state index contributed by atoms with van der Waals surface area (Å²) in [7, 11) is 0. The van der Waals surface area contributed by atoms with Gasteiger partial charge >= 0.3 is 0 Å². The van der Waals surface area contributed by atoms with E-state index in [1.807, 2.05) is 43.5 Å². The molecule has 2 N–H and O–H groups in total. The summed E-state index contributed by atoms with van der Waals surface area (Å²) in [6.45, 7) is 2.56. The number of rotatable bonds is 3. The smallest absolute Gasteiger partial charge is 0.251 e. The Kier molecular flexibility index (Phi) is 3.25. The first-order valence-electron chi connectivity index (χ1n) is 6.74. The number of nitrogens with one attached hydrogen (secondary N) is 2. The zero-order valence-corrected chi connectivity index (χ0v) is 11.3. The van der Waals surface area contributed by atoms with E-state index in [0.717, 1.165) is 11.1 Å². The third-order valence-electron chi connectivity index (χ3n) is 3.39. The van der Waals surface area contributed by atoms with Gasteiger partial charge in [0.1, 0.15) is 0 Å². The van der Waals surface area contributed by atoms with E-state index in [4.69, 9.17) is 0 Å². The lowest BCUT2D eigenvalue weighted by molar-refractivity contribution is 0.0956. The molecule has 0 fully saturated rings. The van der Waals surface area contributed by atoms with E-state index in [1.165, 1.54) is 10.9 Å². The van der Waals surface area contributed by atoms with Gasteiger partial charge in [-0.15, -0.1) is 0 Å². The molecule has 2 aromatic carbocycles. The predicted molar refractivity (Wildman–Crippen MR) is 81.7 cm³/mol. The summed E-state index contributed by atoms with van der Waals surface area (Å²) in [5.74, 6) is -0.0288. The minimum absolute atomic E-state index is 0.0288. The summed E-state index contributed by atoms with van der Waals surface area (Å²) in [6, 6.07) is 16.0. The van der Waals surface area contributed by atoms with Gasteiger partial charge in [-0.3, -0.25) is 4.79 Å². The van der Waals surface area contributed by atoms with Crippen molar-refractivity contribution in [2.24, 2.45) is 0 Å². The number of aromatic nitrogens is 1. The molecule has 1 heterocycles. The molecule has 3 rings (SSSR count). The van der Waals surface area contributed by atoms with Crippen LogP contribution in [0.1, 0.15) is 17.3 Å². The molecule has 3 aromatic rings. The van der Waals surface area contributed by atoms with Crippen molar-refractivity contribution in [1.29, 1.82) is 0 Å². The fourth-order valence-corrected chi connectivity index (χ4v) is 2.40. The van der Waals surface area contributed by atoms with Crippen molar-refractivity contribution < 1.29 is 4.79 Å². The molecule has 20 heavy (non-hydrogen) atoms. The first-order valence-corrected chi connectivity index (χ1v) is 6.74. The number of carbonyl (C=O) groups is 1. The number of aromatic amines is 1. The van der Waals surface area contributed by atoms with E-state index in [1.54, 1.807) is 0 Å². The van der Waals surface area contributed by atoms with Gasteiger partial charge in [0.2, 0.25) is 0 Å². The Bertz CT molecular complexity index is 741. The highest BCUT2D eigenvalue weighted by molar-refractivity contribution is 5.97. The summed E-state index contributed by atoms with van der Waals surface area (Å²) in [5.41, 5.74) is 4.10. The molecule has 3 nitrogen and oxygen atoms in total. The van der Waals surface area contributed by atoms with Gasteiger partial charge < -0.3 is 10.3 Å². The summed E-state index contributed by atoms with van der Waals surface area (Å²) in [5, 5.41) is 4.00. The average Bonchev–Trinajstić information content (AvgIpc) is 2.96. The highest BCUT2D eigenvalue weighted by atomic mass is 16.1. The van der Waals surface area contributed by atoms with E-state index in [0.29, 0.717) is 12.1 Å². The topological polar surface area (TPSA) is 44.9 Å². The van der Waals surface area contributed by atoms with E-state index in [-0.39, 0.29) is 5.91 Å². The zero-order valence-electron chi connectivity index (χ0n) is 11.3. The van der Waals surface area contributed by atoms with Crippen LogP contribution < -0.4 is 5.32 Å². The van der Waals surface area contributed by atoms with Crippen LogP contribution in [0, 0.1) is 0 Å². The second-order valence-electron chi connectivity index (χ2n) is 4.68. The SMILES string of the molecule is CCNC(=O)c1ccc(-c2cccc3[nH]ccc23)cc1. The molecule has 3 heteroatoms. The van der Waals surface area contributed by atoms with Crippen LogP contribution >= 0.6 is 0 Å². The first-order chi connectivity index (χ1) is 9.79. The third kappa shape index (κ3) is 2.18. The molecule has 100 valence electrons. The molecule has 0 saturated heterocycles. The Morgan fingerprint density at radius 3 is 2.65 bits per heavy atom. The second-order valence-corrected chi connectivity index (χ2v) is 4.68. The molecule has 0 unspecified atom stereocenters. The largest absolute Gasteiger partial charge is 0.361 e. The van der Waals surface area contributed by atoms with Crippen LogP contribution in [0.15, 0.2) is 54.7 Å². The van der Waals surface area contributed by atoms with Crippen molar-refractivity contribution in [3.63, 3.8) is 0 Å². The van der Waals surface area contributed by atoms with Crippen LogP contribution in [0.25, 0.3) is 22.0 Å². The van der Waals surface area contributed by atoms with E-state index in [2.05, 4.69) is 28.5 Å². The molecule has 1 aromatic heterocycles. The number of hydrogen-bond donors (Lipinski definition) is 2. The molecule has 0 spiro atoms. The van der Waals surface area contributed by atoms with Gasteiger partial charge in [0.15, 0.2) is 0 Å². The van der Waals surface area contributed by atoms with Crippen LogP contribution in [0.3, 0.4) is 0 Å². The highest BCUT2D eigenvalue weighted by Gasteiger charge is 2.07. The van der Waals surface area contributed by atoms with E-state index >= 15 is 0 Å². The molecular weight excluding hydrogens is 248 g/mol. The predicted octanol–water partition coefficient (Wildman–Crippen LogP) is 3.58. The summed E-state index contributed by atoms with van der Waals surface area (Å²) in [4.78, 5) is 15.0. The number of carbonyl (C=O) groups excluding carboxylic acids is 1. The maximum absolute atomic E-state index is 11.7. The van der Waals surface area contributed by atoms with Gasteiger partial charge in [0, 0.05) is 29.2 Å². The van der Waals surface area contributed by atoms with Gasteiger partial charge in [-0.25, -0.2) is 0 Å². The Morgan fingerprint density at radius 2 is 1.90 bits per heavy atom. The fourth-order valence-electron chi connectivity index (χ4n) is 2.40. The minimum atomic E-state index is -0.0288. The highest BCUT2D eigenvalue weighted by Crippen LogP contribution is 2.28. The lowest BCUT2D eigenvalue weighted by Gasteiger charge is -2.06. The Labute approximate surface area is 117 Å². The summed E-state index contributed by atoms with van der Waals surface area (Å²) < 4.78 is 0. The number of H-pyrrole nitrogens is 1. The van der Waals surface area contributed by atoms with Gasteiger partial charge in [-0.1, -0.05) is 24.3 Å². The molecule has 0 aliphatic rings. The first kappa shape index (κ1) is 12.5. The monoisotopic (exact) mass is 264 g/mol. The standard InChI is InChI=1S/C17H16N2O/c1-2-18-17(20)13-8-6-12(7-9-13)14-4-3-5-16-15(14)10-11-19-16/h3-11,19H,2H2,1H3,(H,18,20). The van der Waals surface area contributed by atoms with Gasteiger partial charge in [0.05, 0.1) is 0 Å². The minimum Gasteiger partial charge on any atom is -0.361 e. The number of fused-ring (bicyclic) bond motifs is 1. The fraction of sp³-hybridized carbons (Fsp3) is 0.118. The lowest BCUT2D eigenvalue weighted by atomic mass is 10.0. The Morgan fingerprint density at radius 1 is 1.10 bits per heavy atom. The third-order valence-corrected chi connectivity index (χ3v) is 3.39. The lowest BCUT2D eigenvalue weighted by Crippen LogP contribution is -2.22. The number of hydrogen-bond acceptors (Lipinski definition) is 1. The molecule has 0 radical (unpaired) electrons. The summed E-state index contributed by atoms with van der Waals surface area (Å²) in [6.07, 6.45) is 1.94. The van der Waals surface area contributed by atoms with Crippen molar-refractivity contribution in [3.05, 3.63) is 60.3 Å². The second kappa shape index (κ2) is 5.21. The normalized spacial score (nSPS) is 10.7. The average molecular weight is 264 g/mol. The number of benzene rings is 2. The van der Waals surface area contributed by atoms with Crippen LogP contribution in [-0.4, -0.2) is 17.4 Å². The zero-order chi connectivity index (χ0) is 13.9. The van der Waals surface area contributed by atoms with E-state index in [9.17, 15) is 4.79 Å². The molecular formula is C17H16N2O. The molecule has 1 amide bonds. The van der Waals surface area contributed by atoms with Crippen LogP contribution in [0.4, 0.5) is 0 Å². The quantitative estimate of drug-likeness (QED) is 0.746.